The maximum atomic E-state index is 13.5. The highest BCUT2D eigenvalue weighted by molar-refractivity contribution is 6.33. The molecule has 0 bridgehead atoms. The van der Waals surface area contributed by atoms with Crippen LogP contribution in [-0.2, 0) is 6.54 Å². The number of nitrogens with one attached hydrogen (secondary N) is 1. The van der Waals surface area contributed by atoms with Gasteiger partial charge in [0.05, 0.1) is 23.5 Å². The molecule has 1 aliphatic rings. The summed E-state index contributed by atoms with van der Waals surface area (Å²) in [6.07, 6.45) is 6.17. The Morgan fingerprint density at radius 1 is 1.29 bits per heavy atom. The van der Waals surface area contributed by atoms with Crippen LogP contribution in [0.5, 0.6) is 0 Å². The first-order valence-corrected chi connectivity index (χ1v) is 9.88. The summed E-state index contributed by atoms with van der Waals surface area (Å²) < 4.78 is 0. The van der Waals surface area contributed by atoms with Crippen molar-refractivity contribution >= 4 is 29.9 Å². The standard InChI is InChI=1S/C20H26ClN5O.ClH/c1-14(2)19-24-12-17(21)18(25-19)20(27)26(13-15-6-3-4-10-23-15)16-7-5-9-22-11-8-16;/h3-4,6,10,12,14,16,22H,5,7-9,11,13H2,1-2H3;1H. The lowest BCUT2D eigenvalue weighted by molar-refractivity contribution is 0.0636. The Morgan fingerprint density at radius 3 is 2.82 bits per heavy atom. The Morgan fingerprint density at radius 2 is 2.11 bits per heavy atom. The quantitative estimate of drug-likeness (QED) is 0.790. The molecule has 2 aromatic heterocycles. The highest BCUT2D eigenvalue weighted by Gasteiger charge is 2.29. The minimum Gasteiger partial charge on any atom is -0.328 e. The molecule has 2 aromatic rings. The van der Waals surface area contributed by atoms with Crippen molar-refractivity contribution in [2.75, 3.05) is 13.1 Å². The Balaban J connectivity index is 0.00000280. The molecule has 8 heteroatoms. The van der Waals surface area contributed by atoms with Crippen molar-refractivity contribution < 1.29 is 4.79 Å². The largest absolute Gasteiger partial charge is 0.328 e. The molecular weight excluding hydrogens is 397 g/mol. The van der Waals surface area contributed by atoms with Gasteiger partial charge in [0.1, 0.15) is 5.82 Å². The molecule has 0 spiro atoms. The van der Waals surface area contributed by atoms with Crippen molar-refractivity contribution in [1.29, 1.82) is 0 Å². The van der Waals surface area contributed by atoms with Gasteiger partial charge >= 0.3 is 0 Å². The molecule has 152 valence electrons. The van der Waals surface area contributed by atoms with Crippen LogP contribution in [0.1, 0.15) is 61.0 Å². The van der Waals surface area contributed by atoms with E-state index in [-0.39, 0.29) is 36.0 Å². The first-order valence-electron chi connectivity index (χ1n) is 9.50. The predicted molar refractivity (Wildman–Crippen MR) is 113 cm³/mol. The molecule has 1 amide bonds. The van der Waals surface area contributed by atoms with Gasteiger partial charge in [-0.25, -0.2) is 9.97 Å². The normalized spacial score (nSPS) is 16.9. The molecule has 0 radical (unpaired) electrons. The second kappa shape index (κ2) is 10.7. The molecule has 0 saturated carbocycles. The third kappa shape index (κ3) is 5.63. The molecule has 6 nitrogen and oxygen atoms in total. The van der Waals surface area contributed by atoms with Crippen LogP contribution >= 0.6 is 24.0 Å². The second-order valence-electron chi connectivity index (χ2n) is 7.17. The van der Waals surface area contributed by atoms with Gasteiger partial charge in [-0.2, -0.15) is 0 Å². The van der Waals surface area contributed by atoms with Crippen LogP contribution in [0.15, 0.2) is 30.6 Å². The number of halogens is 2. The number of hydrogen-bond donors (Lipinski definition) is 1. The lowest BCUT2D eigenvalue weighted by Crippen LogP contribution is -2.41. The second-order valence-corrected chi connectivity index (χ2v) is 7.58. The molecule has 1 unspecified atom stereocenters. The van der Waals surface area contributed by atoms with Gasteiger partial charge in [-0.1, -0.05) is 31.5 Å². The van der Waals surface area contributed by atoms with E-state index in [0.717, 1.165) is 38.0 Å². The zero-order valence-electron chi connectivity index (χ0n) is 16.3. The van der Waals surface area contributed by atoms with Crippen LogP contribution in [0.3, 0.4) is 0 Å². The summed E-state index contributed by atoms with van der Waals surface area (Å²) in [6.45, 7) is 6.32. The average molecular weight is 424 g/mol. The summed E-state index contributed by atoms with van der Waals surface area (Å²) in [5, 5.41) is 3.70. The summed E-state index contributed by atoms with van der Waals surface area (Å²) in [5.74, 6) is 0.602. The Labute approximate surface area is 177 Å². The minimum atomic E-state index is -0.151. The van der Waals surface area contributed by atoms with E-state index in [1.165, 1.54) is 6.20 Å². The van der Waals surface area contributed by atoms with E-state index in [0.29, 0.717) is 17.4 Å². The average Bonchev–Trinajstić information content (AvgIpc) is 2.96. The molecule has 1 N–H and O–H groups in total. The fourth-order valence-corrected chi connectivity index (χ4v) is 3.46. The topological polar surface area (TPSA) is 71.0 Å². The lowest BCUT2D eigenvalue weighted by atomic mass is 10.1. The zero-order chi connectivity index (χ0) is 19.2. The van der Waals surface area contributed by atoms with Gasteiger partial charge in [0, 0.05) is 18.2 Å². The van der Waals surface area contributed by atoms with Crippen molar-refractivity contribution in [1.82, 2.24) is 25.2 Å². The number of nitrogens with zero attached hydrogens (tertiary/aromatic N) is 4. The maximum Gasteiger partial charge on any atom is 0.274 e. The van der Waals surface area contributed by atoms with E-state index in [4.69, 9.17) is 11.6 Å². The Hall–Kier alpha value is -1.76. The minimum absolute atomic E-state index is 0. The fraction of sp³-hybridized carbons (Fsp3) is 0.500. The zero-order valence-corrected chi connectivity index (χ0v) is 17.8. The van der Waals surface area contributed by atoms with Crippen LogP contribution in [0, 0.1) is 0 Å². The van der Waals surface area contributed by atoms with E-state index < -0.39 is 0 Å². The molecule has 0 aliphatic carbocycles. The number of aromatic nitrogens is 3. The number of amides is 1. The molecule has 0 aromatic carbocycles. The van der Waals surface area contributed by atoms with Gasteiger partial charge in [0.15, 0.2) is 5.69 Å². The van der Waals surface area contributed by atoms with Gasteiger partial charge < -0.3 is 10.2 Å². The molecule has 1 saturated heterocycles. The van der Waals surface area contributed by atoms with Crippen LogP contribution in [0.25, 0.3) is 0 Å². The number of rotatable bonds is 5. The summed E-state index contributed by atoms with van der Waals surface area (Å²) in [6, 6.07) is 5.88. The SMILES string of the molecule is CC(C)c1ncc(Cl)c(C(=O)N(Cc2ccccn2)C2CCCNCC2)n1.Cl. The van der Waals surface area contributed by atoms with Gasteiger partial charge in [-0.3, -0.25) is 9.78 Å². The van der Waals surface area contributed by atoms with Crippen molar-refractivity contribution in [2.24, 2.45) is 0 Å². The monoisotopic (exact) mass is 423 g/mol. The van der Waals surface area contributed by atoms with Crippen LogP contribution in [0.2, 0.25) is 5.02 Å². The van der Waals surface area contributed by atoms with Crippen LogP contribution < -0.4 is 5.32 Å². The van der Waals surface area contributed by atoms with E-state index in [1.807, 2.05) is 36.9 Å². The number of carbonyl (C=O) groups is 1. The van der Waals surface area contributed by atoms with Crippen LogP contribution in [0.4, 0.5) is 0 Å². The molecule has 1 aliphatic heterocycles. The summed E-state index contributed by atoms with van der Waals surface area (Å²) in [7, 11) is 0. The van der Waals surface area contributed by atoms with Crippen molar-refractivity contribution in [3.8, 4) is 0 Å². The van der Waals surface area contributed by atoms with E-state index in [2.05, 4.69) is 20.3 Å². The lowest BCUT2D eigenvalue weighted by Gasteiger charge is -2.31. The van der Waals surface area contributed by atoms with Crippen molar-refractivity contribution in [2.45, 2.75) is 51.6 Å². The molecular formula is C20H27Cl2N5O. The van der Waals surface area contributed by atoms with Gasteiger partial charge in [-0.15, -0.1) is 12.4 Å². The molecule has 1 fully saturated rings. The molecule has 3 heterocycles. The first-order chi connectivity index (χ1) is 13.1. The highest BCUT2D eigenvalue weighted by Crippen LogP contribution is 2.23. The Bertz CT molecular complexity index is 764. The predicted octanol–water partition coefficient (Wildman–Crippen LogP) is 3.85. The maximum absolute atomic E-state index is 13.5. The molecule has 3 rings (SSSR count). The van der Waals surface area contributed by atoms with Crippen molar-refractivity contribution in [3.05, 3.63) is 52.8 Å². The molecule has 28 heavy (non-hydrogen) atoms. The van der Waals surface area contributed by atoms with E-state index in [9.17, 15) is 4.79 Å². The van der Waals surface area contributed by atoms with Gasteiger partial charge in [0.25, 0.3) is 5.91 Å². The third-order valence-electron chi connectivity index (χ3n) is 4.79. The van der Waals surface area contributed by atoms with Gasteiger partial charge in [0.2, 0.25) is 0 Å². The van der Waals surface area contributed by atoms with Gasteiger partial charge in [-0.05, 0) is 44.5 Å². The fourth-order valence-electron chi connectivity index (χ4n) is 3.29. The summed E-state index contributed by atoms with van der Waals surface area (Å²) >= 11 is 6.31. The van der Waals surface area contributed by atoms with E-state index in [1.54, 1.807) is 6.20 Å². The Kier molecular flexibility index (Phi) is 8.60. The number of pyridine rings is 1. The number of hydrogen-bond acceptors (Lipinski definition) is 5. The van der Waals surface area contributed by atoms with Crippen molar-refractivity contribution in [3.63, 3.8) is 0 Å². The third-order valence-corrected chi connectivity index (χ3v) is 5.06. The number of carbonyl (C=O) groups excluding carboxylic acids is 1. The first kappa shape index (κ1) is 22.5. The highest BCUT2D eigenvalue weighted by atomic mass is 35.5. The molecule has 1 atom stereocenters. The van der Waals surface area contributed by atoms with E-state index >= 15 is 0 Å². The van der Waals surface area contributed by atoms with Crippen LogP contribution in [-0.4, -0.2) is 44.9 Å². The summed E-state index contributed by atoms with van der Waals surface area (Å²) in [4.78, 5) is 28.5. The smallest absolute Gasteiger partial charge is 0.274 e. The summed E-state index contributed by atoms with van der Waals surface area (Å²) in [5.41, 5.74) is 1.14.